The molecule has 1 aromatic carbocycles. The second-order valence-corrected chi connectivity index (χ2v) is 5.75. The Morgan fingerprint density at radius 2 is 2.25 bits per heavy atom. The summed E-state index contributed by atoms with van der Waals surface area (Å²) in [5.74, 6) is 0.696. The first-order chi connectivity index (χ1) is 7.54. The van der Waals surface area contributed by atoms with E-state index in [1.165, 1.54) is 0 Å². The highest BCUT2D eigenvalue weighted by atomic mass is 79.9. The van der Waals surface area contributed by atoms with E-state index in [0.717, 1.165) is 21.5 Å². The van der Waals surface area contributed by atoms with Crippen LogP contribution in [0.3, 0.4) is 0 Å². The molecule has 0 aliphatic rings. The Labute approximate surface area is 109 Å². The van der Waals surface area contributed by atoms with Gasteiger partial charge in [0, 0.05) is 15.1 Å². The van der Waals surface area contributed by atoms with Crippen molar-refractivity contribution in [1.82, 2.24) is 0 Å². The van der Waals surface area contributed by atoms with Crippen LogP contribution in [-0.2, 0) is 0 Å². The van der Waals surface area contributed by atoms with Crippen molar-refractivity contribution in [1.29, 1.82) is 0 Å². The number of aromatic carboxylic acids is 1. The maximum Gasteiger partial charge on any atom is 0.336 e. The van der Waals surface area contributed by atoms with Gasteiger partial charge >= 0.3 is 5.97 Å². The fourth-order valence-corrected chi connectivity index (χ4v) is 2.67. The van der Waals surface area contributed by atoms with Crippen molar-refractivity contribution < 1.29 is 9.90 Å². The zero-order valence-corrected chi connectivity index (χ0v) is 11.8. The van der Waals surface area contributed by atoms with E-state index in [-0.39, 0.29) is 0 Å². The number of carbonyl (C=O) groups is 1. The fourth-order valence-electron chi connectivity index (χ4n) is 1.15. The highest BCUT2D eigenvalue weighted by molar-refractivity contribution is 9.10. The summed E-state index contributed by atoms with van der Waals surface area (Å²) >= 11 is 4.90. The molecule has 1 aromatic rings. The highest BCUT2D eigenvalue weighted by Crippen LogP contribution is 2.28. The number of halogens is 1. The molecule has 1 rings (SSSR count). The lowest BCUT2D eigenvalue weighted by atomic mass is 10.2. The van der Waals surface area contributed by atoms with Crippen LogP contribution in [0.4, 0.5) is 0 Å². The summed E-state index contributed by atoms with van der Waals surface area (Å²) in [6.07, 6.45) is 1.12. The van der Waals surface area contributed by atoms with E-state index in [9.17, 15) is 4.79 Å². The number of hydrogen-bond donors (Lipinski definition) is 1. The molecule has 88 valence electrons. The van der Waals surface area contributed by atoms with Crippen LogP contribution in [0.1, 0.15) is 30.6 Å². The molecule has 0 amide bonds. The quantitative estimate of drug-likeness (QED) is 0.825. The van der Waals surface area contributed by atoms with E-state index in [2.05, 4.69) is 29.8 Å². The molecular weight excluding hydrogens is 288 g/mol. The van der Waals surface area contributed by atoms with Gasteiger partial charge in [0.1, 0.15) is 0 Å². The molecule has 1 atom stereocenters. The largest absolute Gasteiger partial charge is 0.478 e. The van der Waals surface area contributed by atoms with Crippen molar-refractivity contribution in [3.05, 3.63) is 28.2 Å². The Kier molecular flexibility index (Phi) is 5.35. The van der Waals surface area contributed by atoms with Crippen LogP contribution in [0.2, 0.25) is 0 Å². The van der Waals surface area contributed by atoms with Gasteiger partial charge in [-0.05, 0) is 24.1 Å². The zero-order chi connectivity index (χ0) is 12.1. The Bertz CT molecular complexity index is 379. The normalized spacial score (nSPS) is 12.4. The van der Waals surface area contributed by atoms with E-state index >= 15 is 0 Å². The molecule has 0 spiro atoms. The van der Waals surface area contributed by atoms with Crippen molar-refractivity contribution in [2.75, 3.05) is 5.75 Å². The lowest BCUT2D eigenvalue weighted by molar-refractivity contribution is 0.0693. The van der Waals surface area contributed by atoms with Gasteiger partial charge in [0.15, 0.2) is 0 Å². The minimum atomic E-state index is -0.868. The molecule has 4 heteroatoms. The third-order valence-electron chi connectivity index (χ3n) is 2.39. The van der Waals surface area contributed by atoms with Gasteiger partial charge < -0.3 is 5.11 Å². The number of hydrogen-bond acceptors (Lipinski definition) is 2. The van der Waals surface area contributed by atoms with Crippen LogP contribution in [0, 0.1) is 5.92 Å². The maximum absolute atomic E-state index is 11.1. The minimum absolute atomic E-state index is 0.377. The first-order valence-corrected chi connectivity index (χ1v) is 6.98. The van der Waals surface area contributed by atoms with E-state index in [1.54, 1.807) is 17.8 Å². The first kappa shape index (κ1) is 13.6. The van der Waals surface area contributed by atoms with Crippen molar-refractivity contribution >= 4 is 33.7 Å². The molecule has 0 saturated heterocycles. The van der Waals surface area contributed by atoms with Crippen LogP contribution >= 0.6 is 27.7 Å². The molecule has 0 saturated carbocycles. The van der Waals surface area contributed by atoms with Gasteiger partial charge in [0.25, 0.3) is 0 Å². The molecule has 16 heavy (non-hydrogen) atoms. The summed E-state index contributed by atoms with van der Waals surface area (Å²) < 4.78 is 0.804. The van der Waals surface area contributed by atoms with Gasteiger partial charge in [-0.1, -0.05) is 36.2 Å². The van der Waals surface area contributed by atoms with Gasteiger partial charge in [-0.2, -0.15) is 0 Å². The average Bonchev–Trinajstić information content (AvgIpc) is 2.26. The summed E-state index contributed by atoms with van der Waals surface area (Å²) in [6.45, 7) is 4.32. The van der Waals surface area contributed by atoms with Crippen LogP contribution < -0.4 is 0 Å². The molecule has 0 bridgehead atoms. The molecule has 1 N–H and O–H groups in total. The highest BCUT2D eigenvalue weighted by Gasteiger charge is 2.11. The first-order valence-electron chi connectivity index (χ1n) is 5.20. The number of carboxylic acids is 1. The van der Waals surface area contributed by atoms with Gasteiger partial charge in [-0.15, -0.1) is 11.8 Å². The van der Waals surface area contributed by atoms with Gasteiger partial charge in [-0.25, -0.2) is 4.79 Å². The molecule has 2 nitrogen and oxygen atoms in total. The number of benzene rings is 1. The summed E-state index contributed by atoms with van der Waals surface area (Å²) in [5, 5.41) is 9.08. The van der Waals surface area contributed by atoms with Crippen molar-refractivity contribution in [3.63, 3.8) is 0 Å². The molecule has 0 aliphatic heterocycles. The Hall–Kier alpha value is -0.480. The fraction of sp³-hybridized carbons (Fsp3) is 0.417. The van der Waals surface area contributed by atoms with E-state index in [1.807, 2.05) is 12.1 Å². The van der Waals surface area contributed by atoms with Crippen LogP contribution in [-0.4, -0.2) is 16.8 Å². The SMILES string of the molecule is CCC(C)CSc1ccc(Br)cc1C(=O)O. The topological polar surface area (TPSA) is 37.3 Å². The van der Waals surface area contributed by atoms with Gasteiger partial charge in [0.2, 0.25) is 0 Å². The van der Waals surface area contributed by atoms with E-state index in [0.29, 0.717) is 11.5 Å². The molecule has 0 fully saturated rings. The number of thioether (sulfide) groups is 1. The van der Waals surface area contributed by atoms with Crippen molar-refractivity contribution in [2.45, 2.75) is 25.2 Å². The predicted molar refractivity (Wildman–Crippen MR) is 71.3 cm³/mol. The van der Waals surface area contributed by atoms with E-state index < -0.39 is 5.97 Å². The molecule has 1 unspecified atom stereocenters. The van der Waals surface area contributed by atoms with Crippen LogP contribution in [0.5, 0.6) is 0 Å². The molecule has 0 radical (unpaired) electrons. The average molecular weight is 303 g/mol. The predicted octanol–water partition coefficient (Wildman–Crippen LogP) is 4.29. The summed E-state index contributed by atoms with van der Waals surface area (Å²) in [6, 6.07) is 5.40. The summed E-state index contributed by atoms with van der Waals surface area (Å²) in [7, 11) is 0. The smallest absolute Gasteiger partial charge is 0.336 e. The Morgan fingerprint density at radius 1 is 1.56 bits per heavy atom. The summed E-state index contributed by atoms with van der Waals surface area (Å²) in [5.41, 5.74) is 0.377. The lowest BCUT2D eigenvalue weighted by Gasteiger charge is -2.10. The maximum atomic E-state index is 11.1. The zero-order valence-electron chi connectivity index (χ0n) is 9.37. The van der Waals surface area contributed by atoms with Crippen molar-refractivity contribution in [3.8, 4) is 0 Å². The number of carboxylic acid groups (broad SMARTS) is 1. The minimum Gasteiger partial charge on any atom is -0.478 e. The molecule has 0 heterocycles. The second kappa shape index (κ2) is 6.30. The monoisotopic (exact) mass is 302 g/mol. The standard InChI is InChI=1S/C12H15BrO2S/c1-3-8(2)7-16-11-5-4-9(13)6-10(11)12(14)15/h4-6,8H,3,7H2,1-2H3,(H,14,15). The van der Waals surface area contributed by atoms with Crippen LogP contribution in [0.25, 0.3) is 0 Å². The third-order valence-corrected chi connectivity index (χ3v) is 4.29. The Balaban J connectivity index is 2.82. The molecule has 0 aliphatic carbocycles. The molecular formula is C12H15BrO2S. The van der Waals surface area contributed by atoms with E-state index in [4.69, 9.17) is 5.11 Å². The molecule has 0 aromatic heterocycles. The Morgan fingerprint density at radius 3 is 2.81 bits per heavy atom. The van der Waals surface area contributed by atoms with Crippen LogP contribution in [0.15, 0.2) is 27.6 Å². The third kappa shape index (κ3) is 3.83. The van der Waals surface area contributed by atoms with Gasteiger partial charge in [-0.3, -0.25) is 0 Å². The summed E-state index contributed by atoms with van der Waals surface area (Å²) in [4.78, 5) is 11.9. The lowest BCUT2D eigenvalue weighted by Crippen LogP contribution is -2.01. The number of rotatable bonds is 5. The van der Waals surface area contributed by atoms with Crippen molar-refractivity contribution in [2.24, 2.45) is 5.92 Å². The second-order valence-electron chi connectivity index (χ2n) is 3.77. The van der Waals surface area contributed by atoms with Gasteiger partial charge in [0.05, 0.1) is 5.56 Å².